The summed E-state index contributed by atoms with van der Waals surface area (Å²) in [4.78, 5) is 8.74. The van der Waals surface area contributed by atoms with Crippen molar-refractivity contribution in [1.29, 1.82) is 0 Å². The first-order valence-electron chi connectivity index (χ1n) is 6.27. The molecule has 19 heavy (non-hydrogen) atoms. The maximum absolute atomic E-state index is 4.59. The molecule has 1 aromatic carbocycles. The Bertz CT molecular complexity index is 618. The van der Waals surface area contributed by atoms with E-state index in [4.69, 9.17) is 0 Å². The van der Waals surface area contributed by atoms with Crippen molar-refractivity contribution in [1.82, 2.24) is 9.97 Å². The van der Waals surface area contributed by atoms with Crippen LogP contribution in [0.25, 0.3) is 22.4 Å². The third-order valence-corrected chi connectivity index (χ3v) is 3.02. The molecule has 2 heteroatoms. The molecule has 0 fully saturated rings. The average molecular weight is 246 g/mol. The highest BCUT2D eigenvalue weighted by molar-refractivity contribution is 5.70. The zero-order chi connectivity index (χ0) is 13.1. The van der Waals surface area contributed by atoms with Crippen molar-refractivity contribution in [3.63, 3.8) is 0 Å². The highest BCUT2D eigenvalue weighted by Crippen LogP contribution is 2.25. The smallest absolute Gasteiger partial charge is 0.0726 e. The predicted octanol–water partition coefficient (Wildman–Crippen LogP) is 4.12. The van der Waals surface area contributed by atoms with Gasteiger partial charge >= 0.3 is 0 Å². The minimum absolute atomic E-state index is 0.965. The molecule has 0 saturated carbocycles. The van der Waals surface area contributed by atoms with Gasteiger partial charge in [-0.05, 0) is 42.3 Å². The lowest BCUT2D eigenvalue weighted by Gasteiger charge is -2.07. The van der Waals surface area contributed by atoms with E-state index in [-0.39, 0.29) is 0 Å². The molecule has 0 amide bonds. The first-order valence-corrected chi connectivity index (χ1v) is 6.27. The third-order valence-electron chi connectivity index (χ3n) is 3.02. The minimum atomic E-state index is 0.965. The standard InChI is InChI=1S/C17H14N2/c1-13-10-16(14-6-3-2-4-7-14)11-17(19-13)15-8-5-9-18-12-15/h2-12H,1H3. The molecule has 3 rings (SSSR count). The molecule has 92 valence electrons. The number of hydrogen-bond acceptors (Lipinski definition) is 2. The lowest BCUT2D eigenvalue weighted by atomic mass is 10.0. The normalized spacial score (nSPS) is 10.4. The number of aromatic nitrogens is 2. The summed E-state index contributed by atoms with van der Waals surface area (Å²) in [5.74, 6) is 0. The van der Waals surface area contributed by atoms with Crippen molar-refractivity contribution in [3.8, 4) is 22.4 Å². The van der Waals surface area contributed by atoms with Crippen molar-refractivity contribution in [2.24, 2.45) is 0 Å². The van der Waals surface area contributed by atoms with Crippen molar-refractivity contribution < 1.29 is 0 Å². The fourth-order valence-electron chi connectivity index (χ4n) is 2.13. The molecule has 0 spiro atoms. The summed E-state index contributed by atoms with van der Waals surface area (Å²) in [5, 5.41) is 0. The van der Waals surface area contributed by atoms with Gasteiger partial charge in [-0.15, -0.1) is 0 Å². The molecule has 0 radical (unpaired) electrons. The summed E-state index contributed by atoms with van der Waals surface area (Å²) in [6.07, 6.45) is 3.62. The van der Waals surface area contributed by atoms with Crippen molar-refractivity contribution in [2.45, 2.75) is 6.92 Å². The molecule has 0 saturated heterocycles. The van der Waals surface area contributed by atoms with Crippen LogP contribution in [-0.2, 0) is 0 Å². The number of hydrogen-bond donors (Lipinski definition) is 0. The molecule has 2 heterocycles. The highest BCUT2D eigenvalue weighted by atomic mass is 14.7. The van der Waals surface area contributed by atoms with Gasteiger partial charge in [-0.1, -0.05) is 30.3 Å². The van der Waals surface area contributed by atoms with Gasteiger partial charge in [-0.3, -0.25) is 9.97 Å². The highest BCUT2D eigenvalue weighted by Gasteiger charge is 2.04. The van der Waals surface area contributed by atoms with Crippen LogP contribution in [0.2, 0.25) is 0 Å². The molecular weight excluding hydrogens is 232 g/mol. The first kappa shape index (κ1) is 11.6. The summed E-state index contributed by atoms with van der Waals surface area (Å²) in [7, 11) is 0. The number of benzene rings is 1. The van der Waals surface area contributed by atoms with E-state index in [1.807, 2.05) is 31.3 Å². The largest absolute Gasteiger partial charge is 0.264 e. The summed E-state index contributed by atoms with van der Waals surface area (Å²) in [5.41, 5.74) is 5.42. The van der Waals surface area contributed by atoms with Crippen LogP contribution in [-0.4, -0.2) is 9.97 Å². The number of rotatable bonds is 2. The Balaban J connectivity index is 2.12. The van der Waals surface area contributed by atoms with Gasteiger partial charge in [0.25, 0.3) is 0 Å². The van der Waals surface area contributed by atoms with Crippen LogP contribution < -0.4 is 0 Å². The number of pyridine rings is 2. The topological polar surface area (TPSA) is 25.8 Å². The van der Waals surface area contributed by atoms with Crippen LogP contribution in [0.4, 0.5) is 0 Å². The molecule has 0 aliphatic rings. The van der Waals surface area contributed by atoms with E-state index in [1.54, 1.807) is 6.20 Å². The van der Waals surface area contributed by atoms with Crippen LogP contribution in [0.5, 0.6) is 0 Å². The molecular formula is C17H14N2. The fourth-order valence-corrected chi connectivity index (χ4v) is 2.13. The molecule has 0 unspecified atom stereocenters. The SMILES string of the molecule is Cc1cc(-c2ccccc2)cc(-c2cccnc2)n1. The van der Waals surface area contributed by atoms with Gasteiger partial charge in [0.1, 0.15) is 0 Å². The second-order valence-electron chi connectivity index (χ2n) is 4.49. The van der Waals surface area contributed by atoms with Crippen molar-refractivity contribution in [3.05, 3.63) is 72.7 Å². The second kappa shape index (κ2) is 5.02. The second-order valence-corrected chi connectivity index (χ2v) is 4.49. The molecule has 3 aromatic rings. The van der Waals surface area contributed by atoms with Crippen LogP contribution in [0, 0.1) is 6.92 Å². The van der Waals surface area contributed by atoms with Gasteiger partial charge < -0.3 is 0 Å². The Morgan fingerprint density at radius 3 is 2.32 bits per heavy atom. The summed E-state index contributed by atoms with van der Waals surface area (Å²) in [6.45, 7) is 2.02. The van der Waals surface area contributed by atoms with E-state index < -0.39 is 0 Å². The first-order chi connectivity index (χ1) is 9.33. The Kier molecular flexibility index (Phi) is 3.07. The quantitative estimate of drug-likeness (QED) is 0.679. The Labute approximate surface area is 112 Å². The molecule has 0 N–H and O–H groups in total. The molecule has 0 bridgehead atoms. The molecule has 0 aliphatic heterocycles. The van der Waals surface area contributed by atoms with Crippen molar-refractivity contribution >= 4 is 0 Å². The Hall–Kier alpha value is -2.48. The van der Waals surface area contributed by atoms with E-state index >= 15 is 0 Å². The summed E-state index contributed by atoms with van der Waals surface area (Å²) in [6, 6.07) is 18.5. The maximum atomic E-state index is 4.59. The lowest BCUT2D eigenvalue weighted by Crippen LogP contribution is -1.90. The summed E-state index contributed by atoms with van der Waals surface area (Å²) >= 11 is 0. The Morgan fingerprint density at radius 2 is 1.58 bits per heavy atom. The van der Waals surface area contributed by atoms with E-state index in [0.29, 0.717) is 0 Å². The van der Waals surface area contributed by atoms with E-state index in [0.717, 1.165) is 17.0 Å². The van der Waals surface area contributed by atoms with Crippen LogP contribution >= 0.6 is 0 Å². The van der Waals surface area contributed by atoms with E-state index in [2.05, 4.69) is 46.4 Å². The molecule has 2 aromatic heterocycles. The number of nitrogens with zero attached hydrogens (tertiary/aromatic N) is 2. The van der Waals surface area contributed by atoms with Gasteiger partial charge in [0, 0.05) is 23.7 Å². The minimum Gasteiger partial charge on any atom is -0.264 e. The third kappa shape index (κ3) is 2.52. The fraction of sp³-hybridized carbons (Fsp3) is 0.0588. The van der Waals surface area contributed by atoms with Gasteiger partial charge in [0.05, 0.1) is 5.69 Å². The Morgan fingerprint density at radius 1 is 0.789 bits per heavy atom. The monoisotopic (exact) mass is 246 g/mol. The lowest BCUT2D eigenvalue weighted by molar-refractivity contribution is 1.20. The average Bonchev–Trinajstić information content (AvgIpc) is 2.48. The predicted molar refractivity (Wildman–Crippen MR) is 77.6 cm³/mol. The van der Waals surface area contributed by atoms with Crippen LogP contribution in [0.15, 0.2) is 67.0 Å². The van der Waals surface area contributed by atoms with Crippen molar-refractivity contribution in [2.75, 3.05) is 0 Å². The van der Waals surface area contributed by atoms with Gasteiger partial charge in [0.2, 0.25) is 0 Å². The molecule has 0 aliphatic carbocycles. The number of aryl methyl sites for hydroxylation is 1. The maximum Gasteiger partial charge on any atom is 0.0726 e. The van der Waals surface area contributed by atoms with Gasteiger partial charge in [0.15, 0.2) is 0 Å². The molecule has 0 atom stereocenters. The zero-order valence-corrected chi connectivity index (χ0v) is 10.7. The van der Waals surface area contributed by atoms with E-state index in [1.165, 1.54) is 11.1 Å². The van der Waals surface area contributed by atoms with Gasteiger partial charge in [-0.25, -0.2) is 0 Å². The molecule has 2 nitrogen and oxygen atoms in total. The van der Waals surface area contributed by atoms with E-state index in [9.17, 15) is 0 Å². The van der Waals surface area contributed by atoms with Gasteiger partial charge in [-0.2, -0.15) is 0 Å². The van der Waals surface area contributed by atoms with Crippen LogP contribution in [0.3, 0.4) is 0 Å². The summed E-state index contributed by atoms with van der Waals surface area (Å²) < 4.78 is 0. The zero-order valence-electron chi connectivity index (χ0n) is 10.7. The van der Waals surface area contributed by atoms with Crippen LogP contribution in [0.1, 0.15) is 5.69 Å².